The number of aryl methyl sites for hydroxylation is 1. The topological polar surface area (TPSA) is 97.3 Å². The second-order valence-electron chi connectivity index (χ2n) is 8.34. The molecular weight excluding hydrogens is 485 g/mol. The van der Waals surface area contributed by atoms with Crippen LogP contribution in [0.5, 0.6) is 11.5 Å². The molecule has 1 N–H and O–H groups in total. The van der Waals surface area contributed by atoms with Crippen molar-refractivity contribution in [3.63, 3.8) is 0 Å². The Morgan fingerprint density at radius 1 is 1.03 bits per heavy atom. The molecule has 0 aromatic heterocycles. The Hall–Kier alpha value is -3.92. The summed E-state index contributed by atoms with van der Waals surface area (Å²) in [5.41, 5.74) is 3.05. The molecule has 3 aromatic rings. The molecule has 1 atom stereocenters. The third kappa shape index (κ3) is 5.03. The lowest BCUT2D eigenvalue weighted by molar-refractivity contribution is -0.130. The van der Waals surface area contributed by atoms with Gasteiger partial charge in [0.1, 0.15) is 5.82 Å². The largest absolute Gasteiger partial charge is 0.493 e. The molecule has 8 nitrogen and oxygen atoms in total. The van der Waals surface area contributed by atoms with Crippen LogP contribution in [0.3, 0.4) is 0 Å². The second kappa shape index (κ2) is 9.98. The van der Waals surface area contributed by atoms with Crippen LogP contribution >= 0.6 is 0 Å². The molecule has 0 aliphatic carbocycles. The van der Waals surface area contributed by atoms with Crippen molar-refractivity contribution in [1.82, 2.24) is 5.01 Å². The van der Waals surface area contributed by atoms with Gasteiger partial charge < -0.3 is 9.47 Å². The number of sulfonamides is 1. The Labute approximate surface area is 209 Å². The van der Waals surface area contributed by atoms with Crippen molar-refractivity contribution < 1.29 is 27.1 Å². The molecule has 0 radical (unpaired) electrons. The van der Waals surface area contributed by atoms with Crippen LogP contribution in [0.1, 0.15) is 36.1 Å². The fourth-order valence-electron chi connectivity index (χ4n) is 4.10. The first kappa shape index (κ1) is 25.2. The number of anilines is 1. The molecule has 1 heterocycles. The predicted octanol–water partition coefficient (Wildman–Crippen LogP) is 4.65. The number of hydrazone groups is 1. The van der Waals surface area contributed by atoms with Gasteiger partial charge in [-0.15, -0.1) is 0 Å². The van der Waals surface area contributed by atoms with E-state index >= 15 is 0 Å². The summed E-state index contributed by atoms with van der Waals surface area (Å²) in [4.78, 5) is 12.2. The Morgan fingerprint density at radius 2 is 1.72 bits per heavy atom. The van der Waals surface area contributed by atoms with Crippen molar-refractivity contribution >= 4 is 27.3 Å². The first-order valence-corrected chi connectivity index (χ1v) is 12.6. The van der Waals surface area contributed by atoms with E-state index in [0.29, 0.717) is 34.9 Å². The molecule has 0 spiro atoms. The molecule has 0 saturated heterocycles. The van der Waals surface area contributed by atoms with Gasteiger partial charge in [-0.05, 0) is 60.5 Å². The van der Waals surface area contributed by atoms with Crippen LogP contribution in [-0.4, -0.2) is 39.3 Å². The van der Waals surface area contributed by atoms with E-state index in [1.165, 1.54) is 24.1 Å². The van der Waals surface area contributed by atoms with Crippen molar-refractivity contribution in [3.05, 3.63) is 83.2 Å². The molecule has 0 fully saturated rings. The molecule has 1 aliphatic heterocycles. The summed E-state index contributed by atoms with van der Waals surface area (Å²) in [7, 11) is -0.873. The maximum Gasteiger partial charge on any atom is 0.262 e. The van der Waals surface area contributed by atoms with Gasteiger partial charge in [-0.3, -0.25) is 9.52 Å². The normalized spacial score (nSPS) is 15.4. The minimum atomic E-state index is -3.98. The maximum absolute atomic E-state index is 13.6. The van der Waals surface area contributed by atoms with Gasteiger partial charge >= 0.3 is 0 Å². The van der Waals surface area contributed by atoms with E-state index < -0.39 is 15.8 Å². The zero-order valence-corrected chi connectivity index (χ0v) is 21.1. The standard InChI is InChI=1S/C26H26FN3O5S/c1-16-5-9-20(27)14-26(16)36(32,33)29-21-10-6-18(7-11-21)23-15-22(28-30(23)17(2)31)19-8-12-24(34-3)25(13-19)35-4/h5-14,23,29H,15H2,1-4H3. The summed E-state index contributed by atoms with van der Waals surface area (Å²) in [6.07, 6.45) is 0.461. The monoisotopic (exact) mass is 511 g/mol. The van der Waals surface area contributed by atoms with E-state index in [9.17, 15) is 17.6 Å². The van der Waals surface area contributed by atoms with Gasteiger partial charge in [0.05, 0.1) is 30.9 Å². The first-order valence-electron chi connectivity index (χ1n) is 11.1. The summed E-state index contributed by atoms with van der Waals surface area (Å²) in [6.45, 7) is 3.04. The highest BCUT2D eigenvalue weighted by Crippen LogP contribution is 2.36. The lowest BCUT2D eigenvalue weighted by Gasteiger charge is -2.21. The third-order valence-electron chi connectivity index (χ3n) is 5.94. The summed E-state index contributed by atoms with van der Waals surface area (Å²) >= 11 is 0. The van der Waals surface area contributed by atoms with E-state index in [1.807, 2.05) is 12.1 Å². The van der Waals surface area contributed by atoms with Gasteiger partial charge in [0.2, 0.25) is 5.91 Å². The number of carbonyl (C=O) groups excluding carboxylic acids is 1. The highest BCUT2D eigenvalue weighted by molar-refractivity contribution is 7.92. The molecule has 0 bridgehead atoms. The highest BCUT2D eigenvalue weighted by Gasteiger charge is 2.32. The Kier molecular flexibility index (Phi) is 6.98. The number of rotatable bonds is 7. The van der Waals surface area contributed by atoms with Gasteiger partial charge in [-0.1, -0.05) is 18.2 Å². The minimum absolute atomic E-state index is 0.127. The number of amides is 1. The third-order valence-corrected chi connectivity index (χ3v) is 7.46. The number of carbonyl (C=O) groups is 1. The number of hydrogen-bond acceptors (Lipinski definition) is 6. The molecular formula is C26H26FN3O5S. The van der Waals surface area contributed by atoms with Gasteiger partial charge in [0.25, 0.3) is 10.0 Å². The number of ether oxygens (including phenoxy) is 2. The van der Waals surface area contributed by atoms with Crippen LogP contribution in [0, 0.1) is 12.7 Å². The van der Waals surface area contributed by atoms with Gasteiger partial charge in [0.15, 0.2) is 11.5 Å². The zero-order valence-electron chi connectivity index (χ0n) is 20.3. The average molecular weight is 512 g/mol. The summed E-state index contributed by atoms with van der Waals surface area (Å²) in [5, 5.41) is 5.96. The predicted molar refractivity (Wildman–Crippen MR) is 134 cm³/mol. The number of hydrogen-bond donors (Lipinski definition) is 1. The van der Waals surface area contributed by atoms with Crippen LogP contribution in [0.4, 0.5) is 10.1 Å². The minimum Gasteiger partial charge on any atom is -0.493 e. The lowest BCUT2D eigenvalue weighted by atomic mass is 9.98. The van der Waals surface area contributed by atoms with Crippen molar-refractivity contribution in [2.75, 3.05) is 18.9 Å². The molecule has 10 heteroatoms. The SMILES string of the molecule is COc1ccc(C2=NN(C(C)=O)C(c3ccc(NS(=O)(=O)c4cc(F)ccc4C)cc3)C2)cc1OC. The number of nitrogens with zero attached hydrogens (tertiary/aromatic N) is 2. The average Bonchev–Trinajstić information content (AvgIpc) is 3.31. The molecule has 4 rings (SSSR count). The molecule has 1 aliphatic rings. The summed E-state index contributed by atoms with van der Waals surface area (Å²) in [5.74, 6) is 0.293. The summed E-state index contributed by atoms with van der Waals surface area (Å²) in [6, 6.07) is 15.4. The van der Waals surface area contributed by atoms with E-state index in [0.717, 1.165) is 17.2 Å². The van der Waals surface area contributed by atoms with Crippen LogP contribution < -0.4 is 14.2 Å². The van der Waals surface area contributed by atoms with Gasteiger partial charge in [-0.2, -0.15) is 5.10 Å². The fourth-order valence-corrected chi connectivity index (χ4v) is 5.41. The van der Waals surface area contributed by atoms with Gasteiger partial charge in [0, 0.05) is 24.6 Å². The second-order valence-corrected chi connectivity index (χ2v) is 9.99. The molecule has 0 saturated carbocycles. The highest BCUT2D eigenvalue weighted by atomic mass is 32.2. The zero-order chi connectivity index (χ0) is 26.0. The van der Waals surface area contributed by atoms with Crippen molar-refractivity contribution in [2.24, 2.45) is 5.10 Å². The van der Waals surface area contributed by atoms with E-state index in [4.69, 9.17) is 9.47 Å². The molecule has 36 heavy (non-hydrogen) atoms. The van der Waals surface area contributed by atoms with Crippen molar-refractivity contribution in [2.45, 2.75) is 31.2 Å². The van der Waals surface area contributed by atoms with Gasteiger partial charge in [-0.25, -0.2) is 17.8 Å². The molecule has 1 amide bonds. The van der Waals surface area contributed by atoms with Crippen LogP contribution in [0.2, 0.25) is 0 Å². The number of halogens is 1. The first-order chi connectivity index (χ1) is 17.1. The van der Waals surface area contributed by atoms with E-state index in [2.05, 4.69) is 9.82 Å². The Balaban J connectivity index is 1.57. The Bertz CT molecular complexity index is 1440. The fraction of sp³-hybridized carbons (Fsp3) is 0.231. The Morgan fingerprint density at radius 3 is 2.36 bits per heavy atom. The van der Waals surface area contributed by atoms with Crippen molar-refractivity contribution in [1.29, 1.82) is 0 Å². The van der Waals surface area contributed by atoms with Crippen LogP contribution in [-0.2, 0) is 14.8 Å². The number of nitrogens with one attached hydrogen (secondary N) is 1. The number of benzene rings is 3. The molecule has 1 unspecified atom stereocenters. The van der Waals surface area contributed by atoms with Crippen LogP contribution in [0.15, 0.2) is 70.7 Å². The summed E-state index contributed by atoms with van der Waals surface area (Å²) < 4.78 is 52.4. The smallest absolute Gasteiger partial charge is 0.262 e. The van der Waals surface area contributed by atoms with Crippen molar-refractivity contribution in [3.8, 4) is 11.5 Å². The van der Waals surface area contributed by atoms with Crippen LogP contribution in [0.25, 0.3) is 0 Å². The molecule has 188 valence electrons. The quantitative estimate of drug-likeness (QED) is 0.498. The van der Waals surface area contributed by atoms with E-state index in [1.54, 1.807) is 51.5 Å². The van der Waals surface area contributed by atoms with E-state index in [-0.39, 0.29) is 16.8 Å². The number of methoxy groups -OCH3 is 2. The molecule has 3 aromatic carbocycles. The maximum atomic E-state index is 13.6. The lowest BCUT2D eigenvalue weighted by Crippen LogP contribution is -2.24.